The zero-order valence-corrected chi connectivity index (χ0v) is 11.9. The Hall–Kier alpha value is -2.31. The van der Waals surface area contributed by atoms with Gasteiger partial charge in [0.15, 0.2) is 5.75 Å². The van der Waals surface area contributed by atoms with Crippen LogP contribution >= 0.6 is 23.2 Å². The van der Waals surface area contributed by atoms with Crippen molar-refractivity contribution in [3.63, 3.8) is 0 Å². The summed E-state index contributed by atoms with van der Waals surface area (Å²) >= 11 is 12.0. The molecule has 0 atom stereocenters. The summed E-state index contributed by atoms with van der Waals surface area (Å²) in [6.07, 6.45) is 1.69. The van der Waals surface area contributed by atoms with Gasteiger partial charge in [-0.25, -0.2) is 0 Å². The molecule has 21 heavy (non-hydrogen) atoms. The molecule has 106 valence electrons. The Morgan fingerprint density at radius 1 is 1.19 bits per heavy atom. The fourth-order valence-corrected chi connectivity index (χ4v) is 2.40. The van der Waals surface area contributed by atoms with Crippen molar-refractivity contribution >= 4 is 39.8 Å². The lowest BCUT2D eigenvalue weighted by atomic mass is 10.2. The first-order chi connectivity index (χ1) is 10.0. The molecule has 0 fully saturated rings. The standard InChI is InChI=1S/C13H7Cl2N3O3/c14-10-3-8(18(19)20)4-11(15)13(10)21-9-2-1-7-6-16-17-12(7)5-9/h1-6H,(H,16,17). The zero-order chi connectivity index (χ0) is 15.0. The van der Waals surface area contributed by atoms with Gasteiger partial charge in [0.25, 0.3) is 5.69 Å². The van der Waals surface area contributed by atoms with Crippen molar-refractivity contribution in [1.29, 1.82) is 0 Å². The van der Waals surface area contributed by atoms with Crippen LogP contribution in [-0.4, -0.2) is 15.1 Å². The molecule has 0 saturated carbocycles. The van der Waals surface area contributed by atoms with Gasteiger partial charge in [-0.15, -0.1) is 0 Å². The van der Waals surface area contributed by atoms with E-state index < -0.39 is 4.92 Å². The summed E-state index contributed by atoms with van der Waals surface area (Å²) in [5, 5.41) is 18.5. The Morgan fingerprint density at radius 2 is 1.90 bits per heavy atom. The number of hydrogen-bond acceptors (Lipinski definition) is 4. The minimum absolute atomic E-state index is 0.0684. The van der Waals surface area contributed by atoms with Crippen molar-refractivity contribution in [3.05, 3.63) is 56.7 Å². The normalized spacial score (nSPS) is 10.8. The zero-order valence-electron chi connectivity index (χ0n) is 10.3. The van der Waals surface area contributed by atoms with Crippen molar-refractivity contribution in [3.8, 4) is 11.5 Å². The summed E-state index contributed by atoms with van der Waals surface area (Å²) in [6, 6.07) is 7.67. The lowest BCUT2D eigenvalue weighted by Crippen LogP contribution is -1.91. The fourth-order valence-electron chi connectivity index (χ4n) is 1.85. The number of ether oxygens (including phenoxy) is 1. The van der Waals surface area contributed by atoms with Gasteiger partial charge in [-0.1, -0.05) is 23.2 Å². The van der Waals surface area contributed by atoms with Gasteiger partial charge in [-0.3, -0.25) is 15.2 Å². The molecule has 0 unspecified atom stereocenters. The lowest BCUT2D eigenvalue weighted by Gasteiger charge is -2.09. The van der Waals surface area contributed by atoms with Crippen molar-refractivity contribution in [1.82, 2.24) is 10.2 Å². The number of rotatable bonds is 3. The number of benzene rings is 2. The van der Waals surface area contributed by atoms with Crippen LogP contribution in [0.15, 0.2) is 36.5 Å². The van der Waals surface area contributed by atoms with E-state index in [1.807, 2.05) is 6.07 Å². The van der Waals surface area contributed by atoms with Crippen LogP contribution < -0.4 is 4.74 Å². The Kier molecular flexibility index (Phi) is 3.40. The average molecular weight is 324 g/mol. The number of fused-ring (bicyclic) bond motifs is 1. The van der Waals surface area contributed by atoms with Gasteiger partial charge in [0.05, 0.1) is 26.7 Å². The molecule has 0 bridgehead atoms. The summed E-state index contributed by atoms with van der Waals surface area (Å²) in [6.45, 7) is 0. The monoisotopic (exact) mass is 323 g/mol. The second-order valence-electron chi connectivity index (χ2n) is 4.22. The average Bonchev–Trinajstić information content (AvgIpc) is 2.90. The highest BCUT2D eigenvalue weighted by atomic mass is 35.5. The summed E-state index contributed by atoms with van der Waals surface area (Å²) in [4.78, 5) is 10.2. The second kappa shape index (κ2) is 5.23. The van der Waals surface area contributed by atoms with E-state index in [2.05, 4.69) is 10.2 Å². The molecule has 6 nitrogen and oxygen atoms in total. The van der Waals surface area contributed by atoms with E-state index in [9.17, 15) is 10.1 Å². The van der Waals surface area contributed by atoms with E-state index in [1.54, 1.807) is 18.3 Å². The third-order valence-corrected chi connectivity index (χ3v) is 3.39. The molecule has 0 spiro atoms. The van der Waals surface area contributed by atoms with Crippen LogP contribution in [0.3, 0.4) is 0 Å². The van der Waals surface area contributed by atoms with E-state index in [0.29, 0.717) is 5.75 Å². The van der Waals surface area contributed by atoms with Gasteiger partial charge < -0.3 is 4.74 Å². The highest BCUT2D eigenvalue weighted by molar-refractivity contribution is 6.37. The predicted octanol–water partition coefficient (Wildman–Crippen LogP) is 4.57. The molecule has 0 aliphatic heterocycles. The first kappa shape index (κ1) is 13.7. The molecular weight excluding hydrogens is 317 g/mol. The number of nitrogens with zero attached hydrogens (tertiary/aromatic N) is 2. The molecule has 1 aromatic heterocycles. The molecule has 1 heterocycles. The molecule has 3 rings (SSSR count). The van der Waals surface area contributed by atoms with Gasteiger partial charge in [-0.05, 0) is 12.1 Å². The molecule has 1 N–H and O–H groups in total. The van der Waals surface area contributed by atoms with Crippen LogP contribution in [-0.2, 0) is 0 Å². The summed E-state index contributed by atoms with van der Waals surface area (Å²) in [5.74, 6) is 0.659. The smallest absolute Gasteiger partial charge is 0.272 e. The molecule has 0 saturated heterocycles. The third kappa shape index (κ3) is 2.63. The van der Waals surface area contributed by atoms with Gasteiger partial charge in [0.2, 0.25) is 0 Å². The first-order valence-electron chi connectivity index (χ1n) is 5.79. The minimum atomic E-state index is -0.571. The van der Waals surface area contributed by atoms with Crippen molar-refractivity contribution in [2.75, 3.05) is 0 Å². The van der Waals surface area contributed by atoms with E-state index in [1.165, 1.54) is 12.1 Å². The third-order valence-electron chi connectivity index (χ3n) is 2.83. The maximum atomic E-state index is 10.7. The van der Waals surface area contributed by atoms with Crippen LogP contribution in [0.25, 0.3) is 10.9 Å². The van der Waals surface area contributed by atoms with Crippen molar-refractivity contribution in [2.45, 2.75) is 0 Å². The summed E-state index contributed by atoms with van der Waals surface area (Å²) in [5.41, 5.74) is 0.600. The molecule has 8 heteroatoms. The van der Waals surface area contributed by atoms with Crippen molar-refractivity contribution < 1.29 is 9.66 Å². The Balaban J connectivity index is 1.99. The highest BCUT2D eigenvalue weighted by Crippen LogP contribution is 2.39. The molecule has 0 aliphatic carbocycles. The first-order valence-corrected chi connectivity index (χ1v) is 6.54. The van der Waals surface area contributed by atoms with Crippen LogP contribution in [0, 0.1) is 10.1 Å². The molecule has 0 aliphatic rings. The second-order valence-corrected chi connectivity index (χ2v) is 5.03. The maximum Gasteiger partial charge on any atom is 0.272 e. The van der Waals surface area contributed by atoms with Gasteiger partial charge >= 0.3 is 0 Å². The van der Waals surface area contributed by atoms with Crippen LogP contribution in [0.5, 0.6) is 11.5 Å². The number of aromatic amines is 1. The number of non-ortho nitro benzene ring substituents is 1. The number of H-pyrrole nitrogens is 1. The molecular formula is C13H7Cl2N3O3. The molecule has 3 aromatic rings. The number of halogens is 2. The SMILES string of the molecule is O=[N+]([O-])c1cc(Cl)c(Oc2ccc3cn[nH]c3c2)c(Cl)c1. The summed E-state index contributed by atoms with van der Waals surface area (Å²) < 4.78 is 5.62. The minimum Gasteiger partial charge on any atom is -0.454 e. The van der Waals surface area contributed by atoms with E-state index in [0.717, 1.165) is 10.9 Å². The predicted molar refractivity (Wildman–Crippen MR) is 79.3 cm³/mol. The molecule has 0 amide bonds. The Labute approximate surface area is 128 Å². The number of nitro benzene ring substituents is 1. The van der Waals surface area contributed by atoms with Gasteiger partial charge in [-0.2, -0.15) is 5.10 Å². The molecule has 2 aromatic carbocycles. The summed E-state index contributed by atoms with van der Waals surface area (Å²) in [7, 11) is 0. The maximum absolute atomic E-state index is 10.7. The number of nitro groups is 1. The van der Waals surface area contributed by atoms with E-state index in [4.69, 9.17) is 27.9 Å². The number of nitrogens with one attached hydrogen (secondary N) is 1. The van der Waals surface area contributed by atoms with E-state index >= 15 is 0 Å². The quantitative estimate of drug-likeness (QED) is 0.565. The largest absolute Gasteiger partial charge is 0.454 e. The number of hydrogen-bond donors (Lipinski definition) is 1. The van der Waals surface area contributed by atoms with Gasteiger partial charge in [0.1, 0.15) is 5.75 Å². The Morgan fingerprint density at radius 3 is 2.57 bits per heavy atom. The highest BCUT2D eigenvalue weighted by Gasteiger charge is 2.16. The van der Waals surface area contributed by atoms with Crippen LogP contribution in [0.4, 0.5) is 5.69 Å². The number of aromatic nitrogens is 2. The van der Waals surface area contributed by atoms with Gasteiger partial charge in [0, 0.05) is 23.6 Å². The molecule has 0 radical (unpaired) electrons. The van der Waals surface area contributed by atoms with Crippen LogP contribution in [0.2, 0.25) is 10.0 Å². The van der Waals surface area contributed by atoms with E-state index in [-0.39, 0.29) is 21.5 Å². The van der Waals surface area contributed by atoms with Crippen LogP contribution in [0.1, 0.15) is 0 Å². The Bertz CT molecular complexity index is 825. The van der Waals surface area contributed by atoms with Crippen molar-refractivity contribution in [2.24, 2.45) is 0 Å². The fraction of sp³-hybridized carbons (Fsp3) is 0. The lowest BCUT2D eigenvalue weighted by molar-refractivity contribution is -0.384. The topological polar surface area (TPSA) is 81.1 Å².